The summed E-state index contributed by atoms with van der Waals surface area (Å²) in [6.07, 6.45) is 6.50. The Morgan fingerprint density at radius 1 is 1.33 bits per heavy atom. The van der Waals surface area contributed by atoms with Crippen molar-refractivity contribution in [3.05, 3.63) is 29.3 Å². The maximum atomic E-state index is 9.97. The summed E-state index contributed by atoms with van der Waals surface area (Å²) in [4.78, 5) is 0. The monoisotopic (exact) mass is 326 g/mol. The van der Waals surface area contributed by atoms with E-state index in [2.05, 4.69) is 32.0 Å². The highest BCUT2D eigenvalue weighted by Gasteiger charge is 2.77. The van der Waals surface area contributed by atoms with Crippen molar-refractivity contribution in [2.75, 3.05) is 13.7 Å². The van der Waals surface area contributed by atoms with Crippen LogP contribution in [0.15, 0.2) is 18.2 Å². The summed E-state index contributed by atoms with van der Waals surface area (Å²) < 4.78 is 5.47. The van der Waals surface area contributed by atoms with Gasteiger partial charge in [0.2, 0.25) is 0 Å². The average Bonchev–Trinajstić information content (AvgIpc) is 3.24. The third-order valence-electron chi connectivity index (χ3n) is 8.81. The molecule has 0 saturated heterocycles. The van der Waals surface area contributed by atoms with E-state index in [1.165, 1.54) is 37.7 Å². The van der Waals surface area contributed by atoms with Crippen LogP contribution in [-0.4, -0.2) is 18.8 Å². The molecule has 0 amide bonds. The molecule has 0 aliphatic heterocycles. The van der Waals surface area contributed by atoms with Crippen molar-refractivity contribution in [2.24, 2.45) is 34.5 Å². The Hall–Kier alpha value is -1.02. The molecule has 130 valence electrons. The second-order valence-electron chi connectivity index (χ2n) is 9.39. The van der Waals surface area contributed by atoms with Gasteiger partial charge in [0.05, 0.1) is 7.11 Å². The number of hydrogen-bond acceptors (Lipinski definition) is 2. The number of rotatable bonds is 2. The van der Waals surface area contributed by atoms with Crippen LogP contribution in [0.2, 0.25) is 0 Å². The van der Waals surface area contributed by atoms with Gasteiger partial charge in [0, 0.05) is 6.61 Å². The molecule has 4 aliphatic carbocycles. The minimum Gasteiger partial charge on any atom is -0.497 e. The molecule has 0 radical (unpaired) electrons. The Morgan fingerprint density at radius 3 is 2.92 bits per heavy atom. The van der Waals surface area contributed by atoms with Crippen molar-refractivity contribution < 1.29 is 9.84 Å². The summed E-state index contributed by atoms with van der Waals surface area (Å²) in [5.74, 6) is 4.72. The minimum atomic E-state index is 0.381. The van der Waals surface area contributed by atoms with Crippen molar-refractivity contribution in [1.82, 2.24) is 0 Å². The molecule has 7 atom stereocenters. The van der Waals surface area contributed by atoms with Crippen molar-refractivity contribution >= 4 is 0 Å². The van der Waals surface area contributed by atoms with Gasteiger partial charge in [-0.1, -0.05) is 19.9 Å². The zero-order valence-electron chi connectivity index (χ0n) is 15.2. The molecule has 0 heterocycles. The van der Waals surface area contributed by atoms with Gasteiger partial charge >= 0.3 is 0 Å². The summed E-state index contributed by atoms with van der Waals surface area (Å²) in [6, 6.07) is 6.79. The molecular weight excluding hydrogens is 296 g/mol. The van der Waals surface area contributed by atoms with Crippen LogP contribution in [0.1, 0.15) is 56.6 Å². The van der Waals surface area contributed by atoms with Crippen LogP contribution in [0.3, 0.4) is 0 Å². The Morgan fingerprint density at radius 2 is 2.17 bits per heavy atom. The lowest BCUT2D eigenvalue weighted by atomic mass is 9.49. The molecule has 3 saturated carbocycles. The largest absolute Gasteiger partial charge is 0.497 e. The Balaban J connectivity index is 1.58. The maximum absolute atomic E-state index is 9.97. The van der Waals surface area contributed by atoms with Crippen LogP contribution < -0.4 is 4.74 Å². The fourth-order valence-corrected chi connectivity index (χ4v) is 7.80. The van der Waals surface area contributed by atoms with Gasteiger partial charge < -0.3 is 9.84 Å². The van der Waals surface area contributed by atoms with Gasteiger partial charge in [0.25, 0.3) is 0 Å². The molecule has 5 rings (SSSR count). The van der Waals surface area contributed by atoms with Crippen LogP contribution in [0, 0.1) is 34.5 Å². The van der Waals surface area contributed by atoms with Crippen molar-refractivity contribution in [1.29, 1.82) is 0 Å². The number of benzene rings is 1. The molecule has 3 fully saturated rings. The SMILES string of the molecule is COc1ccc2c(c1)C[C@@H](C)[C@@H]1[C@@H]2CC[C@]2(C)[C@H](CO)C[C@@H]3C[C@@]312. The van der Waals surface area contributed by atoms with Crippen LogP contribution in [0.25, 0.3) is 0 Å². The lowest BCUT2D eigenvalue weighted by Gasteiger charge is -2.55. The number of aliphatic hydroxyl groups is 1. The van der Waals surface area contributed by atoms with Crippen LogP contribution in [0.4, 0.5) is 0 Å². The predicted molar refractivity (Wildman–Crippen MR) is 95.2 cm³/mol. The second kappa shape index (κ2) is 4.78. The predicted octanol–water partition coefficient (Wildman–Crippen LogP) is 4.41. The Labute approximate surface area is 145 Å². The summed E-state index contributed by atoms with van der Waals surface area (Å²) in [6.45, 7) is 5.41. The Kier molecular flexibility index (Phi) is 3.04. The summed E-state index contributed by atoms with van der Waals surface area (Å²) in [5, 5.41) is 9.97. The number of hydrogen-bond donors (Lipinski definition) is 1. The molecule has 2 heteroatoms. The molecule has 4 aliphatic rings. The molecule has 0 bridgehead atoms. The van der Waals surface area contributed by atoms with Crippen molar-refractivity contribution in [3.63, 3.8) is 0 Å². The maximum Gasteiger partial charge on any atom is 0.119 e. The first-order chi connectivity index (χ1) is 11.5. The standard InChI is InChI=1S/C22H30O2/c1-13-8-14-9-17(24-3)4-5-18(14)19-6-7-21(2)16(12-23)10-15-11-22(15,21)20(13)19/h4-5,9,13,15-16,19-20,23H,6-8,10-12H2,1-3H3/t13-,15-,16+,19-,20-,21-,22-/m1/s1. The molecule has 0 aromatic heterocycles. The zero-order chi connectivity index (χ0) is 16.7. The molecule has 2 nitrogen and oxygen atoms in total. The first-order valence-electron chi connectivity index (χ1n) is 9.83. The highest BCUT2D eigenvalue weighted by Crippen LogP contribution is 2.83. The third kappa shape index (κ3) is 1.62. The van der Waals surface area contributed by atoms with Crippen molar-refractivity contribution in [3.8, 4) is 5.75 Å². The molecule has 1 N–H and O–H groups in total. The highest BCUT2D eigenvalue weighted by atomic mass is 16.5. The zero-order valence-corrected chi connectivity index (χ0v) is 15.2. The number of methoxy groups -OCH3 is 1. The van der Waals surface area contributed by atoms with E-state index in [4.69, 9.17) is 4.74 Å². The summed E-state index contributed by atoms with van der Waals surface area (Å²) in [7, 11) is 1.77. The first kappa shape index (κ1) is 15.3. The molecule has 1 aromatic rings. The highest BCUT2D eigenvalue weighted by molar-refractivity contribution is 5.43. The minimum absolute atomic E-state index is 0.381. The van der Waals surface area contributed by atoms with E-state index in [0.29, 0.717) is 23.4 Å². The lowest BCUT2D eigenvalue weighted by molar-refractivity contribution is -0.0445. The molecule has 1 spiro atoms. The van der Waals surface area contributed by atoms with Gasteiger partial charge in [0.1, 0.15) is 5.75 Å². The summed E-state index contributed by atoms with van der Waals surface area (Å²) in [5.41, 5.74) is 4.04. The van der Waals surface area contributed by atoms with E-state index in [0.717, 1.165) is 29.4 Å². The molecule has 24 heavy (non-hydrogen) atoms. The van der Waals surface area contributed by atoms with Gasteiger partial charge in [-0.25, -0.2) is 0 Å². The second-order valence-corrected chi connectivity index (χ2v) is 9.39. The fraction of sp³-hybridized carbons (Fsp3) is 0.727. The smallest absolute Gasteiger partial charge is 0.119 e. The molecule has 0 unspecified atom stereocenters. The first-order valence-corrected chi connectivity index (χ1v) is 9.83. The normalized spacial score (nSPS) is 48.1. The number of aliphatic hydroxyl groups excluding tert-OH is 1. The van der Waals surface area contributed by atoms with Gasteiger partial charge in [-0.05, 0) is 95.8 Å². The van der Waals surface area contributed by atoms with Gasteiger partial charge in [-0.2, -0.15) is 0 Å². The van der Waals surface area contributed by atoms with E-state index in [1.54, 1.807) is 12.7 Å². The Bertz CT molecular complexity index is 683. The number of ether oxygens (including phenoxy) is 1. The molecular formula is C22H30O2. The van der Waals surface area contributed by atoms with Crippen LogP contribution in [0.5, 0.6) is 5.75 Å². The van der Waals surface area contributed by atoms with E-state index in [1.807, 2.05) is 0 Å². The quantitative estimate of drug-likeness (QED) is 0.872. The van der Waals surface area contributed by atoms with Gasteiger partial charge in [0.15, 0.2) is 0 Å². The summed E-state index contributed by atoms with van der Waals surface area (Å²) >= 11 is 0. The van der Waals surface area contributed by atoms with Crippen LogP contribution >= 0.6 is 0 Å². The average molecular weight is 326 g/mol. The number of fused-ring (bicyclic) bond motifs is 3. The van der Waals surface area contributed by atoms with E-state index in [-0.39, 0.29) is 0 Å². The van der Waals surface area contributed by atoms with Gasteiger partial charge in [-0.3, -0.25) is 0 Å². The lowest BCUT2D eigenvalue weighted by Crippen LogP contribution is -2.49. The van der Waals surface area contributed by atoms with Crippen molar-refractivity contribution in [2.45, 2.75) is 51.9 Å². The molecule has 1 aromatic carbocycles. The topological polar surface area (TPSA) is 29.5 Å². The third-order valence-corrected chi connectivity index (χ3v) is 8.81. The van der Waals surface area contributed by atoms with Gasteiger partial charge in [-0.15, -0.1) is 0 Å². The van der Waals surface area contributed by atoms with E-state index < -0.39 is 0 Å². The van der Waals surface area contributed by atoms with E-state index >= 15 is 0 Å². The fourth-order valence-electron chi connectivity index (χ4n) is 7.80. The van der Waals surface area contributed by atoms with Crippen LogP contribution in [-0.2, 0) is 6.42 Å². The van der Waals surface area contributed by atoms with E-state index in [9.17, 15) is 5.11 Å².